The van der Waals surface area contributed by atoms with Gasteiger partial charge in [-0.05, 0) is 18.8 Å². The molecular formula is C6H11AgO2. The maximum Gasteiger partial charge on any atom is 1.00 e. The molecule has 0 aromatic carbocycles. The van der Waals surface area contributed by atoms with Gasteiger partial charge in [-0.1, -0.05) is 13.8 Å². The molecule has 0 bridgehead atoms. The normalized spacial score (nSPS) is 8.78. The minimum absolute atomic E-state index is 0. The van der Waals surface area contributed by atoms with Gasteiger partial charge in [0.15, 0.2) is 0 Å². The topological polar surface area (TPSA) is 40.1 Å². The molecule has 0 heterocycles. The molecule has 0 fully saturated rings. The van der Waals surface area contributed by atoms with Gasteiger partial charge in [-0.2, -0.15) is 0 Å². The van der Waals surface area contributed by atoms with Crippen LogP contribution in [0.3, 0.4) is 0 Å². The van der Waals surface area contributed by atoms with Crippen LogP contribution >= 0.6 is 0 Å². The number of hydrogen-bond donors (Lipinski definition) is 0. The molecule has 0 spiro atoms. The predicted octanol–water partition coefficient (Wildman–Crippen LogP) is 0.170. The van der Waals surface area contributed by atoms with Crippen molar-refractivity contribution in [2.75, 3.05) is 0 Å². The Balaban J connectivity index is 0. The quantitative estimate of drug-likeness (QED) is 0.640. The van der Waals surface area contributed by atoms with Crippen molar-refractivity contribution in [3.63, 3.8) is 0 Å². The second-order valence-corrected chi connectivity index (χ2v) is 1.83. The van der Waals surface area contributed by atoms with E-state index in [1.165, 1.54) is 0 Å². The van der Waals surface area contributed by atoms with Crippen LogP contribution in [0.25, 0.3) is 0 Å². The number of carboxylic acids is 1. The van der Waals surface area contributed by atoms with Gasteiger partial charge < -0.3 is 9.90 Å². The van der Waals surface area contributed by atoms with E-state index in [0.717, 1.165) is 0 Å². The second-order valence-electron chi connectivity index (χ2n) is 1.83. The van der Waals surface area contributed by atoms with Gasteiger partial charge in [-0.15, -0.1) is 0 Å². The van der Waals surface area contributed by atoms with Gasteiger partial charge in [0.05, 0.1) is 0 Å². The zero-order chi connectivity index (χ0) is 6.57. The molecule has 0 atom stereocenters. The summed E-state index contributed by atoms with van der Waals surface area (Å²) in [6.07, 6.45) is 1.36. The first-order valence-corrected chi connectivity index (χ1v) is 2.93. The van der Waals surface area contributed by atoms with Crippen molar-refractivity contribution >= 4 is 5.97 Å². The van der Waals surface area contributed by atoms with Crippen LogP contribution in [0.2, 0.25) is 0 Å². The second kappa shape index (κ2) is 6.33. The van der Waals surface area contributed by atoms with Crippen LogP contribution < -0.4 is 5.11 Å². The molecule has 0 unspecified atom stereocenters. The van der Waals surface area contributed by atoms with E-state index in [9.17, 15) is 9.90 Å². The third-order valence-electron chi connectivity index (χ3n) is 1.32. The molecule has 0 saturated carbocycles. The first-order valence-electron chi connectivity index (χ1n) is 2.93. The summed E-state index contributed by atoms with van der Waals surface area (Å²) in [6.45, 7) is 3.70. The van der Waals surface area contributed by atoms with Gasteiger partial charge >= 0.3 is 22.4 Å². The molecule has 0 aromatic heterocycles. The van der Waals surface area contributed by atoms with Crippen LogP contribution in [0.5, 0.6) is 0 Å². The molecule has 0 aliphatic carbocycles. The van der Waals surface area contributed by atoms with Crippen LogP contribution in [-0.4, -0.2) is 5.97 Å². The minimum atomic E-state index is -0.921. The van der Waals surface area contributed by atoms with Crippen LogP contribution in [0, 0.1) is 5.92 Å². The molecule has 58 valence electrons. The van der Waals surface area contributed by atoms with Crippen molar-refractivity contribution in [2.24, 2.45) is 5.92 Å². The van der Waals surface area contributed by atoms with E-state index in [2.05, 4.69) is 0 Å². The standard InChI is InChI=1S/C6H12O2.Ag/c1-3-5(4-2)6(7)8;/h5H,3-4H2,1-2H3,(H,7,8);/q;+1/p-1. The summed E-state index contributed by atoms with van der Waals surface area (Å²) in [5.74, 6) is -1.16. The fraction of sp³-hybridized carbons (Fsp3) is 0.833. The van der Waals surface area contributed by atoms with Crippen molar-refractivity contribution in [3.8, 4) is 0 Å². The fourth-order valence-electron chi connectivity index (χ4n) is 0.622. The zero-order valence-corrected chi connectivity index (χ0v) is 7.09. The first-order chi connectivity index (χ1) is 3.72. The van der Waals surface area contributed by atoms with Gasteiger partial charge in [-0.25, -0.2) is 0 Å². The van der Waals surface area contributed by atoms with E-state index in [0.29, 0.717) is 12.8 Å². The average Bonchev–Trinajstić information content (AvgIpc) is 1.69. The Hall–Kier alpha value is 0.210. The van der Waals surface area contributed by atoms with Crippen LogP contribution in [0.1, 0.15) is 26.7 Å². The Morgan fingerprint density at radius 3 is 1.78 bits per heavy atom. The summed E-state index contributed by atoms with van der Waals surface area (Å²) in [5.41, 5.74) is 0. The van der Waals surface area contributed by atoms with Crippen LogP contribution in [-0.2, 0) is 27.2 Å². The summed E-state index contributed by atoms with van der Waals surface area (Å²) in [4.78, 5) is 10.1. The van der Waals surface area contributed by atoms with Crippen molar-refractivity contribution in [1.82, 2.24) is 0 Å². The van der Waals surface area contributed by atoms with Crippen molar-refractivity contribution < 1.29 is 32.3 Å². The molecule has 0 aliphatic rings. The Labute approximate surface area is 71.2 Å². The molecule has 0 saturated heterocycles. The summed E-state index contributed by atoms with van der Waals surface area (Å²) < 4.78 is 0. The molecule has 0 N–H and O–H groups in total. The first kappa shape index (κ1) is 11.9. The van der Waals surface area contributed by atoms with Gasteiger partial charge in [0.1, 0.15) is 0 Å². The number of aliphatic carboxylic acids is 1. The number of carboxylic acid groups (broad SMARTS) is 1. The van der Waals surface area contributed by atoms with E-state index < -0.39 is 5.97 Å². The molecule has 2 nitrogen and oxygen atoms in total. The molecule has 0 amide bonds. The fourth-order valence-corrected chi connectivity index (χ4v) is 0.622. The number of carbonyl (C=O) groups is 1. The van der Waals surface area contributed by atoms with Crippen LogP contribution in [0.15, 0.2) is 0 Å². The number of carbonyl (C=O) groups excluding carboxylic acids is 1. The van der Waals surface area contributed by atoms with Crippen molar-refractivity contribution in [3.05, 3.63) is 0 Å². The molecule has 3 heteroatoms. The maximum atomic E-state index is 10.1. The van der Waals surface area contributed by atoms with Crippen molar-refractivity contribution in [2.45, 2.75) is 26.7 Å². The third-order valence-corrected chi connectivity index (χ3v) is 1.32. The Kier molecular flexibility index (Phi) is 8.40. The third kappa shape index (κ3) is 4.70. The van der Waals surface area contributed by atoms with E-state index >= 15 is 0 Å². The van der Waals surface area contributed by atoms with Gasteiger partial charge in [0, 0.05) is 5.97 Å². The summed E-state index contributed by atoms with van der Waals surface area (Å²) in [5, 5.41) is 10.1. The number of hydrogen-bond acceptors (Lipinski definition) is 2. The SMILES string of the molecule is CCC(CC)C(=O)[O-].[Ag+]. The van der Waals surface area contributed by atoms with E-state index in [-0.39, 0.29) is 28.3 Å². The largest absolute Gasteiger partial charge is 1.00 e. The summed E-state index contributed by atoms with van der Waals surface area (Å²) >= 11 is 0. The predicted molar refractivity (Wildman–Crippen MR) is 29.1 cm³/mol. The van der Waals surface area contributed by atoms with Crippen molar-refractivity contribution in [1.29, 1.82) is 0 Å². The Bertz CT molecular complexity index is 79.1. The smallest absolute Gasteiger partial charge is 0.550 e. The van der Waals surface area contributed by atoms with E-state index in [1.807, 2.05) is 13.8 Å². The molecular weight excluding hydrogens is 212 g/mol. The monoisotopic (exact) mass is 222 g/mol. The maximum absolute atomic E-state index is 10.1. The minimum Gasteiger partial charge on any atom is -0.550 e. The average molecular weight is 223 g/mol. The Morgan fingerprint density at radius 2 is 1.78 bits per heavy atom. The molecule has 0 aromatic rings. The summed E-state index contributed by atoms with van der Waals surface area (Å²) in [6, 6.07) is 0. The number of rotatable bonds is 3. The zero-order valence-electron chi connectivity index (χ0n) is 5.61. The van der Waals surface area contributed by atoms with E-state index in [4.69, 9.17) is 0 Å². The van der Waals surface area contributed by atoms with Gasteiger partial charge in [0.2, 0.25) is 0 Å². The summed E-state index contributed by atoms with van der Waals surface area (Å²) in [7, 11) is 0. The molecule has 0 rings (SSSR count). The Morgan fingerprint density at radius 1 is 1.44 bits per heavy atom. The molecule has 0 radical (unpaired) electrons. The van der Waals surface area contributed by atoms with Gasteiger partial charge in [-0.3, -0.25) is 0 Å². The van der Waals surface area contributed by atoms with E-state index in [1.54, 1.807) is 0 Å². The molecule has 9 heavy (non-hydrogen) atoms. The van der Waals surface area contributed by atoms with Crippen LogP contribution in [0.4, 0.5) is 0 Å². The molecule has 0 aliphatic heterocycles. The van der Waals surface area contributed by atoms with Gasteiger partial charge in [0.25, 0.3) is 0 Å².